The van der Waals surface area contributed by atoms with Gasteiger partial charge >= 0.3 is 0 Å². The lowest BCUT2D eigenvalue weighted by Gasteiger charge is -2.33. The van der Waals surface area contributed by atoms with Gasteiger partial charge in [0.05, 0.1) is 6.10 Å². The van der Waals surface area contributed by atoms with Gasteiger partial charge < -0.3 is 5.11 Å². The fourth-order valence-corrected chi connectivity index (χ4v) is 4.11. The Balaban J connectivity index is 2.29. The molecule has 1 fully saturated rings. The molecule has 90 valence electrons. The van der Waals surface area contributed by atoms with Gasteiger partial charge in [-0.15, -0.1) is 11.3 Å². The largest absolute Gasteiger partial charge is 0.388 e. The van der Waals surface area contributed by atoms with E-state index in [2.05, 4.69) is 26.8 Å². The molecule has 1 aliphatic rings. The van der Waals surface area contributed by atoms with Crippen molar-refractivity contribution in [2.45, 2.75) is 59.0 Å². The third kappa shape index (κ3) is 1.93. The second-order valence-corrected chi connectivity index (χ2v) is 6.65. The average Bonchev–Trinajstić information content (AvgIpc) is 2.85. The Morgan fingerprint density at radius 2 is 2.00 bits per heavy atom. The van der Waals surface area contributed by atoms with Crippen LogP contribution in [0.2, 0.25) is 0 Å². The molecule has 1 nitrogen and oxygen atoms in total. The van der Waals surface area contributed by atoms with Gasteiger partial charge in [0.15, 0.2) is 0 Å². The predicted octanol–water partition coefficient (Wildman–Crippen LogP) is 4.37. The van der Waals surface area contributed by atoms with Gasteiger partial charge in [0, 0.05) is 15.2 Å². The third-order valence-electron chi connectivity index (χ3n) is 4.26. The van der Waals surface area contributed by atoms with Crippen molar-refractivity contribution in [1.82, 2.24) is 0 Å². The van der Waals surface area contributed by atoms with Gasteiger partial charge in [0.2, 0.25) is 0 Å². The second-order valence-electron chi connectivity index (χ2n) is 5.19. The number of aliphatic hydroxyl groups excluding tert-OH is 1. The van der Waals surface area contributed by atoms with Gasteiger partial charge in [0.25, 0.3) is 0 Å². The summed E-state index contributed by atoms with van der Waals surface area (Å²) in [5.74, 6) is 0. The standard InChI is InChI=1S/C14H22OS/c1-4-14(7-5-6-8-14)13(15)12-9-10(2)16-11(12)3/h9,13,15H,4-8H2,1-3H3. The number of aliphatic hydroxyl groups is 1. The number of hydrogen-bond donors (Lipinski definition) is 1. The molecule has 1 unspecified atom stereocenters. The lowest BCUT2D eigenvalue weighted by molar-refractivity contribution is 0.0236. The topological polar surface area (TPSA) is 20.2 Å². The molecule has 16 heavy (non-hydrogen) atoms. The number of aryl methyl sites for hydroxylation is 2. The van der Waals surface area contributed by atoms with Crippen LogP contribution in [0.1, 0.15) is 60.4 Å². The molecule has 1 heterocycles. The molecule has 0 radical (unpaired) electrons. The molecule has 0 amide bonds. The van der Waals surface area contributed by atoms with Crippen molar-refractivity contribution in [3.8, 4) is 0 Å². The van der Waals surface area contributed by atoms with Crippen molar-refractivity contribution in [2.24, 2.45) is 5.41 Å². The summed E-state index contributed by atoms with van der Waals surface area (Å²) in [6.07, 6.45) is 5.81. The minimum atomic E-state index is -0.245. The van der Waals surface area contributed by atoms with E-state index < -0.39 is 0 Å². The summed E-state index contributed by atoms with van der Waals surface area (Å²) in [5, 5.41) is 10.7. The Bertz CT molecular complexity index is 361. The molecule has 2 heteroatoms. The molecule has 1 saturated carbocycles. The van der Waals surface area contributed by atoms with E-state index in [4.69, 9.17) is 0 Å². The Hall–Kier alpha value is -0.340. The van der Waals surface area contributed by atoms with Crippen molar-refractivity contribution in [3.63, 3.8) is 0 Å². The third-order valence-corrected chi connectivity index (χ3v) is 5.24. The van der Waals surface area contributed by atoms with E-state index in [1.807, 2.05) is 0 Å². The maximum atomic E-state index is 10.7. The highest BCUT2D eigenvalue weighted by molar-refractivity contribution is 7.12. The first-order valence-corrected chi connectivity index (χ1v) is 7.16. The van der Waals surface area contributed by atoms with Crippen LogP contribution in [-0.2, 0) is 0 Å². The maximum Gasteiger partial charge on any atom is 0.0856 e. The summed E-state index contributed by atoms with van der Waals surface area (Å²) in [4.78, 5) is 2.61. The van der Waals surface area contributed by atoms with Crippen LogP contribution < -0.4 is 0 Å². The molecule has 1 aromatic heterocycles. The van der Waals surface area contributed by atoms with Crippen molar-refractivity contribution in [3.05, 3.63) is 21.4 Å². The quantitative estimate of drug-likeness (QED) is 0.829. The monoisotopic (exact) mass is 238 g/mol. The first kappa shape index (κ1) is 12.1. The van der Waals surface area contributed by atoms with E-state index in [9.17, 15) is 5.11 Å². The van der Waals surface area contributed by atoms with Crippen LogP contribution in [0.25, 0.3) is 0 Å². The van der Waals surface area contributed by atoms with Gasteiger partial charge in [-0.2, -0.15) is 0 Å². The van der Waals surface area contributed by atoms with Crippen LogP contribution in [0, 0.1) is 19.3 Å². The zero-order valence-corrected chi connectivity index (χ0v) is 11.4. The molecule has 1 atom stereocenters. The predicted molar refractivity (Wildman–Crippen MR) is 69.9 cm³/mol. The molecule has 0 aromatic carbocycles. The van der Waals surface area contributed by atoms with Crippen LogP contribution in [0.4, 0.5) is 0 Å². The molecule has 1 aliphatic carbocycles. The van der Waals surface area contributed by atoms with Crippen molar-refractivity contribution in [2.75, 3.05) is 0 Å². The van der Waals surface area contributed by atoms with Gasteiger partial charge in [-0.25, -0.2) is 0 Å². The van der Waals surface area contributed by atoms with Gasteiger partial charge in [-0.05, 0) is 44.7 Å². The first-order chi connectivity index (χ1) is 7.59. The van der Waals surface area contributed by atoms with Gasteiger partial charge in [0.1, 0.15) is 0 Å². The molecule has 0 bridgehead atoms. The first-order valence-electron chi connectivity index (χ1n) is 6.34. The smallest absolute Gasteiger partial charge is 0.0856 e. The highest BCUT2D eigenvalue weighted by Crippen LogP contribution is 2.51. The highest BCUT2D eigenvalue weighted by Gasteiger charge is 2.40. The highest BCUT2D eigenvalue weighted by atomic mass is 32.1. The summed E-state index contributed by atoms with van der Waals surface area (Å²) in [6.45, 7) is 6.48. The summed E-state index contributed by atoms with van der Waals surface area (Å²) >= 11 is 1.81. The zero-order valence-electron chi connectivity index (χ0n) is 10.5. The lowest BCUT2D eigenvalue weighted by atomic mass is 9.75. The van der Waals surface area contributed by atoms with Crippen molar-refractivity contribution in [1.29, 1.82) is 0 Å². The number of thiophene rings is 1. The van der Waals surface area contributed by atoms with E-state index in [0.29, 0.717) is 0 Å². The number of rotatable bonds is 3. The van der Waals surface area contributed by atoms with Gasteiger partial charge in [-0.3, -0.25) is 0 Å². The lowest BCUT2D eigenvalue weighted by Crippen LogP contribution is -2.25. The summed E-state index contributed by atoms with van der Waals surface area (Å²) < 4.78 is 0. The summed E-state index contributed by atoms with van der Waals surface area (Å²) in [6, 6.07) is 2.18. The average molecular weight is 238 g/mol. The van der Waals surface area contributed by atoms with Crippen molar-refractivity contribution >= 4 is 11.3 Å². The van der Waals surface area contributed by atoms with Crippen LogP contribution in [0.5, 0.6) is 0 Å². The molecular weight excluding hydrogens is 216 g/mol. The minimum absolute atomic E-state index is 0.165. The molecule has 0 spiro atoms. The van der Waals surface area contributed by atoms with E-state index >= 15 is 0 Å². The minimum Gasteiger partial charge on any atom is -0.388 e. The fraction of sp³-hybridized carbons (Fsp3) is 0.714. The molecule has 1 N–H and O–H groups in total. The van der Waals surface area contributed by atoms with Crippen LogP contribution in [-0.4, -0.2) is 5.11 Å². The normalized spacial score (nSPS) is 21.2. The maximum absolute atomic E-state index is 10.7. The Kier molecular flexibility index (Phi) is 3.41. The van der Waals surface area contributed by atoms with Crippen LogP contribution in [0.3, 0.4) is 0 Å². The molecule has 2 rings (SSSR count). The van der Waals surface area contributed by atoms with E-state index in [0.717, 1.165) is 6.42 Å². The summed E-state index contributed by atoms with van der Waals surface area (Å²) in [7, 11) is 0. The number of hydrogen-bond acceptors (Lipinski definition) is 2. The molecule has 0 aliphatic heterocycles. The Labute approximate surface area is 103 Å². The SMILES string of the molecule is CCC1(C(O)c2cc(C)sc2C)CCCC1. The van der Waals surface area contributed by atoms with Crippen molar-refractivity contribution < 1.29 is 5.11 Å². The van der Waals surface area contributed by atoms with E-state index in [1.54, 1.807) is 11.3 Å². The fourth-order valence-electron chi connectivity index (χ4n) is 3.15. The van der Waals surface area contributed by atoms with Gasteiger partial charge in [-0.1, -0.05) is 19.8 Å². The second kappa shape index (κ2) is 4.50. The van der Waals surface area contributed by atoms with E-state index in [-0.39, 0.29) is 11.5 Å². The zero-order chi connectivity index (χ0) is 11.8. The summed E-state index contributed by atoms with van der Waals surface area (Å²) in [5.41, 5.74) is 1.35. The Morgan fingerprint density at radius 1 is 1.38 bits per heavy atom. The molecule has 0 saturated heterocycles. The molecular formula is C14H22OS. The molecule has 1 aromatic rings. The Morgan fingerprint density at radius 3 is 2.44 bits per heavy atom. The van der Waals surface area contributed by atoms with E-state index in [1.165, 1.54) is 41.0 Å². The van der Waals surface area contributed by atoms with Crippen LogP contribution in [0.15, 0.2) is 6.07 Å². The van der Waals surface area contributed by atoms with Crippen LogP contribution >= 0.6 is 11.3 Å².